The summed E-state index contributed by atoms with van der Waals surface area (Å²) < 4.78 is 0. The predicted octanol–water partition coefficient (Wildman–Crippen LogP) is 6.08. The maximum atomic E-state index is 5.07. The summed E-state index contributed by atoms with van der Waals surface area (Å²) in [4.78, 5) is 1.18. The summed E-state index contributed by atoms with van der Waals surface area (Å²) in [6.07, 6.45) is 16.8. The second kappa shape index (κ2) is 13.2. The van der Waals surface area contributed by atoms with Crippen LogP contribution in [0.3, 0.4) is 0 Å². The molecule has 0 unspecified atom stereocenters. The highest BCUT2D eigenvalue weighted by atomic mass is 32.1. The van der Waals surface area contributed by atoms with Crippen LogP contribution in [0.15, 0.2) is 0 Å². The Labute approximate surface area is 108 Å². The number of rotatable bonds is 12. The summed E-state index contributed by atoms with van der Waals surface area (Å²) in [5.74, 6) is 0. The van der Waals surface area contributed by atoms with Crippen LogP contribution in [-0.2, 0) is 0 Å². The molecule has 96 valence electrons. The summed E-state index contributed by atoms with van der Waals surface area (Å²) >= 11 is 5.07. The molecule has 0 aromatic carbocycles. The van der Waals surface area contributed by atoms with E-state index in [0.717, 1.165) is 6.42 Å². The fourth-order valence-corrected chi connectivity index (χ4v) is 2.18. The van der Waals surface area contributed by atoms with Gasteiger partial charge in [0.2, 0.25) is 0 Å². The van der Waals surface area contributed by atoms with Crippen LogP contribution in [0.25, 0.3) is 0 Å². The van der Waals surface area contributed by atoms with Crippen molar-refractivity contribution in [3.05, 3.63) is 0 Å². The van der Waals surface area contributed by atoms with Crippen molar-refractivity contribution in [2.24, 2.45) is 0 Å². The van der Waals surface area contributed by atoms with Crippen LogP contribution in [0, 0.1) is 0 Å². The fraction of sp³-hybridized carbons (Fsp3) is 0.933. The Balaban J connectivity index is 2.90. The third-order valence-corrected chi connectivity index (χ3v) is 3.34. The maximum Gasteiger partial charge on any atom is -0.0102 e. The Bertz CT molecular complexity index is 152. The number of hydrogen-bond acceptors (Lipinski definition) is 1. The average Bonchev–Trinajstić information content (AvgIpc) is 2.25. The smallest absolute Gasteiger partial charge is 0.0102 e. The molecule has 0 spiro atoms. The van der Waals surface area contributed by atoms with E-state index in [4.69, 9.17) is 12.2 Å². The fourth-order valence-electron chi connectivity index (χ4n) is 2.04. The van der Waals surface area contributed by atoms with Crippen molar-refractivity contribution in [3.8, 4) is 0 Å². The molecule has 0 atom stereocenters. The van der Waals surface area contributed by atoms with Crippen molar-refractivity contribution < 1.29 is 0 Å². The maximum absolute atomic E-state index is 5.07. The second-order valence-electron chi connectivity index (χ2n) is 4.99. The van der Waals surface area contributed by atoms with E-state index in [1.165, 1.54) is 75.5 Å². The zero-order valence-corrected chi connectivity index (χ0v) is 12.2. The van der Waals surface area contributed by atoms with Crippen LogP contribution in [-0.4, -0.2) is 4.86 Å². The first-order valence-corrected chi connectivity index (χ1v) is 7.67. The predicted molar refractivity (Wildman–Crippen MR) is 79.4 cm³/mol. The lowest BCUT2D eigenvalue weighted by Crippen LogP contribution is -1.87. The van der Waals surface area contributed by atoms with Gasteiger partial charge in [0, 0.05) is 0 Å². The highest BCUT2D eigenvalue weighted by Crippen LogP contribution is 2.11. The van der Waals surface area contributed by atoms with Gasteiger partial charge in [0.25, 0.3) is 0 Å². The highest BCUT2D eigenvalue weighted by molar-refractivity contribution is 7.80. The van der Waals surface area contributed by atoms with Gasteiger partial charge in [-0.05, 0) is 24.6 Å². The molecular weight excluding hydrogens is 212 g/mol. The van der Waals surface area contributed by atoms with E-state index in [1.54, 1.807) is 0 Å². The van der Waals surface area contributed by atoms with E-state index in [0.29, 0.717) is 0 Å². The topological polar surface area (TPSA) is 0 Å². The quantitative estimate of drug-likeness (QED) is 0.295. The first-order valence-electron chi connectivity index (χ1n) is 7.26. The van der Waals surface area contributed by atoms with Gasteiger partial charge in [0.05, 0.1) is 0 Å². The Morgan fingerprint density at radius 2 is 1.06 bits per heavy atom. The lowest BCUT2D eigenvalue weighted by atomic mass is 10.0. The van der Waals surface area contributed by atoms with Crippen LogP contribution >= 0.6 is 12.2 Å². The van der Waals surface area contributed by atoms with Crippen LogP contribution < -0.4 is 0 Å². The van der Waals surface area contributed by atoms with Crippen molar-refractivity contribution >= 4 is 17.1 Å². The molecule has 0 bridgehead atoms. The average molecular weight is 242 g/mol. The molecule has 0 aliphatic heterocycles. The molecule has 0 aliphatic rings. The lowest BCUT2D eigenvalue weighted by Gasteiger charge is -2.02. The SMILES string of the molecule is CCCCCCCCCCCCCC(C)=S. The molecule has 0 aromatic heterocycles. The Kier molecular flexibility index (Phi) is 13.2. The minimum absolute atomic E-state index is 1.16. The molecule has 0 nitrogen and oxygen atoms in total. The molecule has 16 heavy (non-hydrogen) atoms. The molecule has 0 radical (unpaired) electrons. The third-order valence-electron chi connectivity index (χ3n) is 3.13. The lowest BCUT2D eigenvalue weighted by molar-refractivity contribution is 0.552. The van der Waals surface area contributed by atoms with Gasteiger partial charge in [0.15, 0.2) is 0 Å². The molecule has 0 aromatic rings. The summed E-state index contributed by atoms with van der Waals surface area (Å²) in [6, 6.07) is 0. The molecular formula is C15H30S. The molecule has 0 saturated heterocycles. The molecule has 0 aliphatic carbocycles. The molecule has 0 heterocycles. The molecule has 0 N–H and O–H groups in total. The van der Waals surface area contributed by atoms with E-state index in [2.05, 4.69) is 13.8 Å². The first kappa shape index (κ1) is 16.1. The summed E-state index contributed by atoms with van der Waals surface area (Å²) in [5, 5.41) is 0. The summed E-state index contributed by atoms with van der Waals surface area (Å²) in [6.45, 7) is 4.34. The van der Waals surface area contributed by atoms with Crippen LogP contribution in [0.1, 0.15) is 90.9 Å². The number of thiocarbonyl (C=S) groups is 1. The van der Waals surface area contributed by atoms with Gasteiger partial charge in [-0.1, -0.05) is 83.3 Å². The van der Waals surface area contributed by atoms with Crippen molar-refractivity contribution in [1.82, 2.24) is 0 Å². The van der Waals surface area contributed by atoms with Gasteiger partial charge in [-0.2, -0.15) is 0 Å². The zero-order chi connectivity index (χ0) is 12.1. The standard InChI is InChI=1S/C15H30S/c1-3-4-5-6-7-8-9-10-11-12-13-14-15(2)16/h3-14H2,1-2H3. The van der Waals surface area contributed by atoms with Crippen molar-refractivity contribution in [2.75, 3.05) is 0 Å². The van der Waals surface area contributed by atoms with Crippen molar-refractivity contribution in [1.29, 1.82) is 0 Å². The Morgan fingerprint density at radius 3 is 1.44 bits per heavy atom. The van der Waals surface area contributed by atoms with E-state index >= 15 is 0 Å². The number of hydrogen-bond donors (Lipinski definition) is 0. The summed E-state index contributed by atoms with van der Waals surface area (Å²) in [5.41, 5.74) is 0. The van der Waals surface area contributed by atoms with E-state index in [9.17, 15) is 0 Å². The molecule has 0 amide bonds. The first-order chi connectivity index (χ1) is 7.77. The minimum Gasteiger partial charge on any atom is -0.0900 e. The second-order valence-corrected chi connectivity index (χ2v) is 5.68. The van der Waals surface area contributed by atoms with Crippen LogP contribution in [0.5, 0.6) is 0 Å². The molecule has 0 fully saturated rings. The van der Waals surface area contributed by atoms with Crippen molar-refractivity contribution in [3.63, 3.8) is 0 Å². The van der Waals surface area contributed by atoms with Gasteiger partial charge in [0.1, 0.15) is 0 Å². The molecule has 1 heteroatoms. The van der Waals surface area contributed by atoms with E-state index in [1.807, 2.05) is 0 Å². The summed E-state index contributed by atoms with van der Waals surface area (Å²) in [7, 11) is 0. The molecule has 0 rings (SSSR count). The Morgan fingerprint density at radius 1 is 0.688 bits per heavy atom. The Hall–Kier alpha value is 0.0900. The van der Waals surface area contributed by atoms with Crippen molar-refractivity contribution in [2.45, 2.75) is 90.9 Å². The zero-order valence-electron chi connectivity index (χ0n) is 11.4. The van der Waals surface area contributed by atoms with Crippen LogP contribution in [0.4, 0.5) is 0 Å². The monoisotopic (exact) mass is 242 g/mol. The van der Waals surface area contributed by atoms with E-state index in [-0.39, 0.29) is 0 Å². The highest BCUT2D eigenvalue weighted by Gasteiger charge is 1.93. The normalized spacial score (nSPS) is 10.6. The van der Waals surface area contributed by atoms with Gasteiger partial charge in [-0.15, -0.1) is 0 Å². The minimum atomic E-state index is 1.16. The van der Waals surface area contributed by atoms with Crippen LogP contribution in [0.2, 0.25) is 0 Å². The van der Waals surface area contributed by atoms with Gasteiger partial charge < -0.3 is 0 Å². The number of unbranched alkanes of at least 4 members (excludes halogenated alkanes) is 10. The van der Waals surface area contributed by atoms with E-state index < -0.39 is 0 Å². The molecule has 0 saturated carbocycles. The van der Waals surface area contributed by atoms with Gasteiger partial charge >= 0.3 is 0 Å². The van der Waals surface area contributed by atoms with Gasteiger partial charge in [-0.3, -0.25) is 0 Å². The third kappa shape index (κ3) is 14.1. The van der Waals surface area contributed by atoms with Gasteiger partial charge in [-0.25, -0.2) is 0 Å². The largest absolute Gasteiger partial charge is 0.0900 e.